The molecule has 3 rings (SSSR count). The number of para-hydroxylation sites is 1. The largest absolute Gasteiger partial charge is 0.481 e. The highest BCUT2D eigenvalue weighted by Crippen LogP contribution is 2.20. The van der Waals surface area contributed by atoms with E-state index < -0.39 is 0 Å². The van der Waals surface area contributed by atoms with Crippen LogP contribution in [0.2, 0.25) is 0 Å². The first-order valence-electron chi connectivity index (χ1n) is 7.69. The van der Waals surface area contributed by atoms with Gasteiger partial charge < -0.3 is 10.1 Å². The lowest BCUT2D eigenvalue weighted by atomic mass is 10.0. The van der Waals surface area contributed by atoms with Crippen LogP contribution in [0.1, 0.15) is 21.5 Å². The summed E-state index contributed by atoms with van der Waals surface area (Å²) >= 11 is 0. The molecule has 4 nitrogen and oxygen atoms in total. The highest BCUT2D eigenvalue weighted by atomic mass is 16.5. The van der Waals surface area contributed by atoms with E-state index in [1.165, 1.54) is 11.8 Å². The zero-order chi connectivity index (χ0) is 16.8. The van der Waals surface area contributed by atoms with Gasteiger partial charge in [0.05, 0.1) is 12.7 Å². The van der Waals surface area contributed by atoms with Crippen LogP contribution in [0.5, 0.6) is 5.88 Å². The maximum absolute atomic E-state index is 12.4. The van der Waals surface area contributed by atoms with Crippen LogP contribution in [0.3, 0.4) is 0 Å². The zero-order valence-corrected chi connectivity index (χ0v) is 13.4. The number of hydrogen-bond acceptors (Lipinski definition) is 3. The Balaban J connectivity index is 1.78. The topological polar surface area (TPSA) is 51.2 Å². The Hall–Kier alpha value is -3.14. The lowest BCUT2D eigenvalue weighted by Gasteiger charge is -2.11. The fraction of sp³-hybridized carbons (Fsp3) is 0.100. The van der Waals surface area contributed by atoms with E-state index in [1.807, 2.05) is 42.5 Å². The van der Waals surface area contributed by atoms with Crippen molar-refractivity contribution in [2.24, 2.45) is 0 Å². The summed E-state index contributed by atoms with van der Waals surface area (Å²) < 4.78 is 5.01. The molecule has 2 aromatic carbocycles. The van der Waals surface area contributed by atoms with E-state index in [4.69, 9.17) is 4.74 Å². The Labute approximate surface area is 141 Å². The summed E-state index contributed by atoms with van der Waals surface area (Å²) in [7, 11) is 1.54. The molecule has 3 aromatic rings. The molecular weight excluding hydrogens is 300 g/mol. The minimum absolute atomic E-state index is 0.189. The van der Waals surface area contributed by atoms with Gasteiger partial charge in [0.2, 0.25) is 5.88 Å². The molecule has 0 saturated heterocycles. The van der Waals surface area contributed by atoms with Crippen molar-refractivity contribution >= 4 is 11.6 Å². The van der Waals surface area contributed by atoms with Gasteiger partial charge in [0.15, 0.2) is 0 Å². The second kappa shape index (κ2) is 7.42. The minimum atomic E-state index is -0.189. The normalized spacial score (nSPS) is 10.2. The number of carbonyl (C=O) groups excluding carboxylic acids is 1. The zero-order valence-electron chi connectivity index (χ0n) is 13.4. The Kier molecular flexibility index (Phi) is 4.87. The van der Waals surface area contributed by atoms with E-state index in [-0.39, 0.29) is 5.91 Å². The Morgan fingerprint density at radius 3 is 2.46 bits per heavy atom. The molecular formula is C20H18N2O2. The first kappa shape index (κ1) is 15.7. The van der Waals surface area contributed by atoms with Gasteiger partial charge in [-0.15, -0.1) is 0 Å². The number of benzene rings is 2. The van der Waals surface area contributed by atoms with E-state index >= 15 is 0 Å². The van der Waals surface area contributed by atoms with Crippen molar-refractivity contribution in [1.29, 1.82) is 0 Å². The number of pyridine rings is 1. The number of anilines is 1. The van der Waals surface area contributed by atoms with Gasteiger partial charge in [-0.05, 0) is 29.7 Å². The second-order valence-corrected chi connectivity index (χ2v) is 5.36. The quantitative estimate of drug-likeness (QED) is 0.775. The van der Waals surface area contributed by atoms with Crippen molar-refractivity contribution in [3.63, 3.8) is 0 Å². The van der Waals surface area contributed by atoms with Crippen molar-refractivity contribution in [3.8, 4) is 5.88 Å². The van der Waals surface area contributed by atoms with Crippen molar-refractivity contribution in [2.45, 2.75) is 6.42 Å². The third-order valence-electron chi connectivity index (χ3n) is 3.71. The SMILES string of the molecule is COc1ccc(C(=O)Nc2ccccc2Cc2ccccc2)cn1. The third-order valence-corrected chi connectivity index (χ3v) is 3.71. The summed E-state index contributed by atoms with van der Waals surface area (Å²) in [6.45, 7) is 0. The summed E-state index contributed by atoms with van der Waals surface area (Å²) in [6, 6.07) is 21.4. The lowest BCUT2D eigenvalue weighted by molar-refractivity contribution is 0.102. The van der Waals surface area contributed by atoms with E-state index in [2.05, 4.69) is 22.4 Å². The van der Waals surface area contributed by atoms with Gasteiger partial charge in [0.1, 0.15) is 0 Å². The summed E-state index contributed by atoms with van der Waals surface area (Å²) in [5, 5.41) is 2.96. The summed E-state index contributed by atoms with van der Waals surface area (Å²) in [4.78, 5) is 16.5. The van der Waals surface area contributed by atoms with Gasteiger partial charge in [-0.25, -0.2) is 4.98 Å². The molecule has 1 N–H and O–H groups in total. The van der Waals surface area contributed by atoms with Gasteiger partial charge in [-0.1, -0.05) is 48.5 Å². The molecule has 0 saturated carbocycles. The monoisotopic (exact) mass is 318 g/mol. The van der Waals surface area contributed by atoms with Crippen LogP contribution in [0.25, 0.3) is 0 Å². The number of aromatic nitrogens is 1. The molecule has 0 aliphatic heterocycles. The Morgan fingerprint density at radius 1 is 1.00 bits per heavy atom. The van der Waals surface area contributed by atoms with Crippen molar-refractivity contribution < 1.29 is 9.53 Å². The van der Waals surface area contributed by atoms with Crippen LogP contribution in [-0.4, -0.2) is 18.0 Å². The predicted molar refractivity (Wildman–Crippen MR) is 94.4 cm³/mol. The lowest BCUT2D eigenvalue weighted by Crippen LogP contribution is -2.13. The van der Waals surface area contributed by atoms with Crippen molar-refractivity contribution in [2.75, 3.05) is 12.4 Å². The molecule has 0 aliphatic carbocycles. The van der Waals surface area contributed by atoms with E-state index in [9.17, 15) is 4.79 Å². The fourth-order valence-corrected chi connectivity index (χ4v) is 2.44. The molecule has 0 radical (unpaired) electrons. The van der Waals surface area contributed by atoms with E-state index in [1.54, 1.807) is 19.2 Å². The van der Waals surface area contributed by atoms with Crippen LogP contribution in [0.15, 0.2) is 72.9 Å². The number of carbonyl (C=O) groups is 1. The average molecular weight is 318 g/mol. The van der Waals surface area contributed by atoms with E-state index in [0.29, 0.717) is 11.4 Å². The standard InChI is InChI=1S/C20H18N2O2/c1-24-19-12-11-17(14-21-19)20(23)22-18-10-6-5-9-16(18)13-15-7-3-2-4-8-15/h2-12,14H,13H2,1H3,(H,22,23). The molecule has 0 bridgehead atoms. The van der Waals surface area contributed by atoms with Gasteiger partial charge in [0, 0.05) is 18.0 Å². The van der Waals surface area contributed by atoms with Gasteiger partial charge in [-0.2, -0.15) is 0 Å². The van der Waals surface area contributed by atoms with Crippen LogP contribution < -0.4 is 10.1 Å². The fourth-order valence-electron chi connectivity index (χ4n) is 2.44. The molecule has 1 amide bonds. The number of amides is 1. The number of methoxy groups -OCH3 is 1. The predicted octanol–water partition coefficient (Wildman–Crippen LogP) is 3.93. The molecule has 0 spiro atoms. The molecule has 4 heteroatoms. The first-order valence-corrected chi connectivity index (χ1v) is 7.69. The Bertz CT molecular complexity index is 815. The molecule has 0 fully saturated rings. The van der Waals surface area contributed by atoms with Crippen molar-refractivity contribution in [1.82, 2.24) is 4.98 Å². The van der Waals surface area contributed by atoms with E-state index in [0.717, 1.165) is 17.7 Å². The van der Waals surface area contributed by atoms with Crippen LogP contribution >= 0.6 is 0 Å². The summed E-state index contributed by atoms with van der Waals surface area (Å²) in [5.41, 5.74) is 3.57. The molecule has 24 heavy (non-hydrogen) atoms. The average Bonchev–Trinajstić information content (AvgIpc) is 2.64. The van der Waals surface area contributed by atoms with Gasteiger partial charge in [-0.3, -0.25) is 4.79 Å². The molecule has 0 aliphatic rings. The third kappa shape index (κ3) is 3.79. The van der Waals surface area contributed by atoms with Crippen LogP contribution in [-0.2, 0) is 6.42 Å². The number of ether oxygens (including phenoxy) is 1. The number of rotatable bonds is 5. The Morgan fingerprint density at radius 2 is 1.75 bits per heavy atom. The maximum atomic E-state index is 12.4. The smallest absolute Gasteiger partial charge is 0.257 e. The highest BCUT2D eigenvalue weighted by Gasteiger charge is 2.10. The van der Waals surface area contributed by atoms with Crippen LogP contribution in [0, 0.1) is 0 Å². The summed E-state index contributed by atoms with van der Waals surface area (Å²) in [6.07, 6.45) is 2.27. The van der Waals surface area contributed by atoms with Crippen LogP contribution in [0.4, 0.5) is 5.69 Å². The second-order valence-electron chi connectivity index (χ2n) is 5.36. The number of hydrogen-bond donors (Lipinski definition) is 1. The van der Waals surface area contributed by atoms with Gasteiger partial charge >= 0.3 is 0 Å². The first-order chi connectivity index (χ1) is 11.8. The molecule has 1 aromatic heterocycles. The number of nitrogens with zero attached hydrogens (tertiary/aromatic N) is 1. The number of nitrogens with one attached hydrogen (secondary N) is 1. The highest BCUT2D eigenvalue weighted by molar-refractivity contribution is 6.04. The molecule has 0 atom stereocenters. The summed E-state index contributed by atoms with van der Waals surface area (Å²) in [5.74, 6) is 0.293. The van der Waals surface area contributed by atoms with Gasteiger partial charge in [0.25, 0.3) is 5.91 Å². The van der Waals surface area contributed by atoms with Crippen molar-refractivity contribution in [3.05, 3.63) is 89.6 Å². The minimum Gasteiger partial charge on any atom is -0.481 e. The maximum Gasteiger partial charge on any atom is 0.257 e. The molecule has 0 unspecified atom stereocenters. The molecule has 1 heterocycles. The molecule has 120 valence electrons.